The van der Waals surface area contributed by atoms with E-state index >= 15 is 0 Å². The molecule has 0 atom stereocenters. The Morgan fingerprint density at radius 3 is 0.852 bits per heavy atom. The van der Waals surface area contributed by atoms with Crippen LogP contribution in [0.15, 0.2) is 182 Å². The third kappa shape index (κ3) is 6.96. The molecule has 0 saturated carbocycles. The molecule has 0 unspecified atom stereocenters. The summed E-state index contributed by atoms with van der Waals surface area (Å²) in [7, 11) is 0. The fraction of sp³-hybridized carbons (Fsp3) is 0.0877. The highest BCUT2D eigenvalue weighted by atomic mass is 16.1. The predicted molar refractivity (Wildman–Crippen MR) is 242 cm³/mol. The third-order valence-electron chi connectivity index (χ3n) is 11.9. The average Bonchev–Trinajstić information content (AvgIpc) is 3.59. The molecule has 8 aromatic rings. The maximum Gasteiger partial charge on any atom is 0.193 e. The van der Waals surface area contributed by atoms with Gasteiger partial charge in [0.1, 0.15) is 0 Å². The molecule has 9 rings (SSSR count). The first-order chi connectivity index (χ1) is 29.5. The monoisotopic (exact) mass is 790 g/mol. The molecule has 294 valence electrons. The van der Waals surface area contributed by atoms with Crippen molar-refractivity contribution in [1.82, 2.24) is 0 Å². The second-order valence-corrected chi connectivity index (χ2v) is 16.2. The Morgan fingerprint density at radius 1 is 0.295 bits per heavy atom. The molecule has 61 heavy (non-hydrogen) atoms. The predicted octanol–water partition coefficient (Wildman–Crippen LogP) is 12.2. The Hall–Kier alpha value is -7.56. The van der Waals surface area contributed by atoms with Crippen molar-refractivity contribution in [3.05, 3.63) is 271 Å². The van der Waals surface area contributed by atoms with E-state index in [1.54, 1.807) is 36.4 Å². The summed E-state index contributed by atoms with van der Waals surface area (Å²) in [5.74, 6) is -0.899. The molecule has 0 aliphatic heterocycles. The lowest BCUT2D eigenvalue weighted by Crippen LogP contribution is -2.30. The van der Waals surface area contributed by atoms with Crippen LogP contribution in [-0.4, -0.2) is 23.1 Å². The van der Waals surface area contributed by atoms with Gasteiger partial charge in [-0.05, 0) is 122 Å². The number of aryl methyl sites for hydroxylation is 4. The Balaban J connectivity index is 1.39. The summed E-state index contributed by atoms with van der Waals surface area (Å²) in [6, 6.07) is 57.1. The van der Waals surface area contributed by atoms with Gasteiger partial charge in [-0.25, -0.2) is 0 Å². The number of benzene rings is 8. The van der Waals surface area contributed by atoms with Crippen LogP contribution >= 0.6 is 0 Å². The Bertz CT molecular complexity index is 2750. The molecule has 0 aromatic heterocycles. The number of fused-ring (bicyclic) bond motifs is 3. The summed E-state index contributed by atoms with van der Waals surface area (Å²) in [4.78, 5) is 58.9. The molecular weight excluding hydrogens is 749 g/mol. The molecule has 0 amide bonds. The molecule has 8 aromatic carbocycles. The lowest BCUT2D eigenvalue weighted by atomic mass is 9.66. The SMILES string of the molecule is Cc1cccc(C(=O)c2cc(C(=O)c3cccc(C)c3)cc(C3(c4cc(C(=O)c5cccc(C)c5)cc(C(=O)c5cccc(C)c5)c4)c4ccccc4-c4ccccc43)c2)c1. The highest BCUT2D eigenvalue weighted by Gasteiger charge is 2.47. The lowest BCUT2D eigenvalue weighted by molar-refractivity contribution is 0.102. The largest absolute Gasteiger partial charge is 0.289 e. The van der Waals surface area contributed by atoms with Crippen molar-refractivity contribution in [3.8, 4) is 11.1 Å². The van der Waals surface area contributed by atoms with E-state index in [2.05, 4.69) is 24.3 Å². The van der Waals surface area contributed by atoms with Crippen molar-refractivity contribution in [2.75, 3.05) is 0 Å². The van der Waals surface area contributed by atoms with Crippen LogP contribution in [0.3, 0.4) is 0 Å². The summed E-state index contributed by atoms with van der Waals surface area (Å²) >= 11 is 0. The van der Waals surface area contributed by atoms with E-state index in [4.69, 9.17) is 0 Å². The molecule has 0 heterocycles. The van der Waals surface area contributed by atoms with Gasteiger partial charge in [0.15, 0.2) is 23.1 Å². The molecule has 0 spiro atoms. The molecule has 0 bridgehead atoms. The number of ketones is 4. The van der Waals surface area contributed by atoms with Crippen LogP contribution in [0.5, 0.6) is 0 Å². The van der Waals surface area contributed by atoms with Gasteiger partial charge in [0.25, 0.3) is 0 Å². The van der Waals surface area contributed by atoms with E-state index in [0.29, 0.717) is 55.6 Å². The first-order valence-corrected chi connectivity index (χ1v) is 20.5. The van der Waals surface area contributed by atoms with Crippen LogP contribution in [-0.2, 0) is 5.41 Å². The normalized spacial score (nSPS) is 12.3. The van der Waals surface area contributed by atoms with Gasteiger partial charge < -0.3 is 0 Å². The quantitative estimate of drug-likeness (QED) is 0.129. The van der Waals surface area contributed by atoms with Gasteiger partial charge in [0, 0.05) is 44.5 Å². The van der Waals surface area contributed by atoms with Gasteiger partial charge >= 0.3 is 0 Å². The summed E-state index contributed by atoms with van der Waals surface area (Å²) < 4.78 is 0. The Kier molecular flexibility index (Phi) is 9.93. The van der Waals surface area contributed by atoms with Gasteiger partial charge in [-0.1, -0.05) is 144 Å². The van der Waals surface area contributed by atoms with Gasteiger partial charge in [-0.15, -0.1) is 0 Å². The van der Waals surface area contributed by atoms with E-state index in [1.165, 1.54) is 0 Å². The fourth-order valence-corrected chi connectivity index (χ4v) is 9.05. The number of hydrogen-bond acceptors (Lipinski definition) is 4. The van der Waals surface area contributed by atoms with Crippen molar-refractivity contribution >= 4 is 23.1 Å². The molecule has 1 aliphatic carbocycles. The first-order valence-electron chi connectivity index (χ1n) is 20.5. The first kappa shape index (κ1) is 38.9. The fourth-order valence-electron chi connectivity index (χ4n) is 9.05. The van der Waals surface area contributed by atoms with Crippen molar-refractivity contribution in [3.63, 3.8) is 0 Å². The summed E-state index contributed by atoms with van der Waals surface area (Å²) in [5.41, 5.74) is 11.1. The molecular formula is C57H42O4. The van der Waals surface area contributed by atoms with E-state index in [1.807, 2.05) is 149 Å². The molecule has 0 N–H and O–H groups in total. The second kappa shape index (κ2) is 15.6. The van der Waals surface area contributed by atoms with Gasteiger partial charge in [-0.2, -0.15) is 0 Å². The van der Waals surface area contributed by atoms with Crippen molar-refractivity contribution in [2.24, 2.45) is 0 Å². The van der Waals surface area contributed by atoms with Crippen molar-refractivity contribution in [1.29, 1.82) is 0 Å². The number of carbonyl (C=O) groups is 4. The van der Waals surface area contributed by atoms with Crippen LogP contribution in [0.2, 0.25) is 0 Å². The molecule has 0 saturated heterocycles. The van der Waals surface area contributed by atoms with Gasteiger partial charge in [-0.3, -0.25) is 19.2 Å². The zero-order chi connectivity index (χ0) is 42.4. The Morgan fingerprint density at radius 2 is 0.574 bits per heavy atom. The molecule has 4 heteroatoms. The van der Waals surface area contributed by atoms with E-state index in [9.17, 15) is 19.2 Å². The van der Waals surface area contributed by atoms with Gasteiger partial charge in [0.05, 0.1) is 5.41 Å². The number of carbonyl (C=O) groups excluding carboxylic acids is 4. The van der Waals surface area contributed by atoms with Crippen molar-refractivity contribution in [2.45, 2.75) is 33.1 Å². The topological polar surface area (TPSA) is 68.3 Å². The van der Waals surface area contributed by atoms with E-state index in [-0.39, 0.29) is 23.1 Å². The van der Waals surface area contributed by atoms with Crippen LogP contribution in [0.1, 0.15) is 108 Å². The molecule has 1 aliphatic rings. The maximum atomic E-state index is 14.7. The van der Waals surface area contributed by atoms with Crippen molar-refractivity contribution < 1.29 is 19.2 Å². The number of rotatable bonds is 10. The Labute approximate surface area is 356 Å². The number of hydrogen-bond donors (Lipinski definition) is 0. The minimum atomic E-state index is -1.19. The van der Waals surface area contributed by atoms with Crippen LogP contribution < -0.4 is 0 Å². The van der Waals surface area contributed by atoms with E-state index in [0.717, 1.165) is 44.5 Å². The second-order valence-electron chi connectivity index (χ2n) is 16.2. The standard InChI is InChI=1S/C57H42O4/c1-35-13-9-17-39(25-35)53(58)43-29-44(54(59)40-18-10-14-36(2)26-40)32-47(31-43)57(51-23-7-5-21-49(51)50-22-6-8-24-52(50)57)48-33-45(55(60)41-19-11-15-37(3)27-41)30-46(34-48)56(61)42-20-12-16-38(4)28-42/h5-34H,1-4H3. The third-order valence-corrected chi connectivity index (χ3v) is 11.9. The summed E-state index contributed by atoms with van der Waals surface area (Å²) in [6.45, 7) is 7.79. The minimum Gasteiger partial charge on any atom is -0.289 e. The molecule has 4 nitrogen and oxygen atoms in total. The summed E-state index contributed by atoms with van der Waals surface area (Å²) in [5, 5.41) is 0. The maximum absolute atomic E-state index is 14.7. The highest BCUT2D eigenvalue weighted by Crippen LogP contribution is 2.56. The zero-order valence-electron chi connectivity index (χ0n) is 34.5. The molecule has 0 radical (unpaired) electrons. The highest BCUT2D eigenvalue weighted by molar-refractivity contribution is 6.15. The summed E-state index contributed by atoms with van der Waals surface area (Å²) in [6.07, 6.45) is 0. The van der Waals surface area contributed by atoms with E-state index < -0.39 is 5.41 Å². The van der Waals surface area contributed by atoms with Gasteiger partial charge in [0.2, 0.25) is 0 Å². The average molecular weight is 791 g/mol. The lowest BCUT2D eigenvalue weighted by Gasteiger charge is -2.35. The van der Waals surface area contributed by atoms with Crippen LogP contribution in [0.25, 0.3) is 11.1 Å². The zero-order valence-corrected chi connectivity index (χ0v) is 34.5. The van der Waals surface area contributed by atoms with Crippen LogP contribution in [0.4, 0.5) is 0 Å². The smallest absolute Gasteiger partial charge is 0.193 e. The molecule has 0 fully saturated rings. The van der Waals surface area contributed by atoms with Crippen LogP contribution in [0, 0.1) is 27.7 Å². The minimum absolute atomic E-state index is 0.225.